The predicted molar refractivity (Wildman–Crippen MR) is 80.7 cm³/mol. The molecule has 2 aromatic rings. The number of hydrogen-bond acceptors (Lipinski definition) is 5. The van der Waals surface area contributed by atoms with Crippen molar-refractivity contribution in [3.05, 3.63) is 28.7 Å². The fraction of sp³-hybridized carbons (Fsp3) is 0.538. The fourth-order valence-corrected chi connectivity index (χ4v) is 6.16. The second kappa shape index (κ2) is 5.19. The van der Waals surface area contributed by atoms with Crippen LogP contribution >= 0.6 is 11.3 Å². The lowest BCUT2D eigenvalue weighted by atomic mass is 10.1. The van der Waals surface area contributed by atoms with Crippen molar-refractivity contribution in [3.8, 4) is 0 Å². The molecule has 3 heterocycles. The van der Waals surface area contributed by atoms with Crippen molar-refractivity contribution < 1.29 is 8.42 Å². The largest absolute Gasteiger partial charge is 0.271 e. The van der Waals surface area contributed by atoms with Gasteiger partial charge in [-0.1, -0.05) is 0 Å². The minimum atomic E-state index is -3.49. The molecule has 114 valence electrons. The zero-order chi connectivity index (χ0) is 15.2. The van der Waals surface area contributed by atoms with E-state index in [4.69, 9.17) is 0 Å². The van der Waals surface area contributed by atoms with E-state index >= 15 is 0 Å². The Hall–Kier alpha value is -1.25. The summed E-state index contributed by atoms with van der Waals surface area (Å²) in [6.07, 6.45) is 3.40. The molecule has 8 heteroatoms. The van der Waals surface area contributed by atoms with Gasteiger partial charge in [0.2, 0.25) is 0 Å². The summed E-state index contributed by atoms with van der Waals surface area (Å²) in [5, 5.41) is 4.94. The summed E-state index contributed by atoms with van der Waals surface area (Å²) >= 11 is 1.25. The first-order chi connectivity index (χ1) is 9.91. The second-order valence-corrected chi connectivity index (χ2v) is 8.55. The zero-order valence-electron chi connectivity index (χ0n) is 12.3. The van der Waals surface area contributed by atoms with Crippen LogP contribution < -0.4 is 0 Å². The van der Waals surface area contributed by atoms with Crippen molar-refractivity contribution in [3.63, 3.8) is 0 Å². The van der Waals surface area contributed by atoms with Gasteiger partial charge < -0.3 is 0 Å². The normalized spacial score (nSPS) is 20.2. The van der Waals surface area contributed by atoms with E-state index in [1.807, 2.05) is 20.0 Å². The molecule has 0 bridgehead atoms. The van der Waals surface area contributed by atoms with Crippen molar-refractivity contribution in [1.82, 2.24) is 19.1 Å². The van der Waals surface area contributed by atoms with Gasteiger partial charge in [0.15, 0.2) is 4.21 Å². The lowest BCUT2D eigenvalue weighted by Gasteiger charge is -2.23. The second-order valence-electron chi connectivity index (χ2n) is 5.26. The fourth-order valence-electron chi connectivity index (χ4n) is 2.89. The average molecular weight is 326 g/mol. The molecule has 3 rings (SSSR count). The Kier molecular flexibility index (Phi) is 3.62. The molecule has 0 amide bonds. The van der Waals surface area contributed by atoms with Gasteiger partial charge in [0.05, 0.1) is 22.4 Å². The van der Waals surface area contributed by atoms with Crippen molar-refractivity contribution in [2.24, 2.45) is 7.05 Å². The van der Waals surface area contributed by atoms with E-state index in [2.05, 4.69) is 10.1 Å². The lowest BCUT2D eigenvalue weighted by Crippen LogP contribution is -2.31. The van der Waals surface area contributed by atoms with E-state index in [-0.39, 0.29) is 6.04 Å². The van der Waals surface area contributed by atoms with Crippen molar-refractivity contribution in [2.75, 3.05) is 6.54 Å². The van der Waals surface area contributed by atoms with Crippen LogP contribution in [0.25, 0.3) is 0 Å². The monoisotopic (exact) mass is 326 g/mol. The summed E-state index contributed by atoms with van der Waals surface area (Å²) in [5.74, 6) is 0. The Morgan fingerprint density at radius 1 is 1.38 bits per heavy atom. The Morgan fingerprint density at radius 3 is 2.71 bits per heavy atom. The number of aryl methyl sites for hydroxylation is 3. The standard InChI is InChI=1S/C13H18N4O2S2/c1-9-13(20-10(2)15-9)21(18,19)17-8-4-5-12(17)11-6-7-14-16(11)3/h6-7,12H,4-5,8H2,1-3H3. The van der Waals surface area contributed by atoms with Gasteiger partial charge in [0, 0.05) is 19.8 Å². The maximum absolute atomic E-state index is 13.0. The van der Waals surface area contributed by atoms with Gasteiger partial charge in [0.1, 0.15) is 0 Å². The van der Waals surface area contributed by atoms with Crippen LogP contribution in [0, 0.1) is 13.8 Å². The van der Waals surface area contributed by atoms with Gasteiger partial charge in [0.25, 0.3) is 10.0 Å². The molecule has 2 aromatic heterocycles. The Morgan fingerprint density at radius 2 is 2.14 bits per heavy atom. The first-order valence-electron chi connectivity index (χ1n) is 6.85. The minimum absolute atomic E-state index is 0.135. The van der Waals surface area contributed by atoms with Crippen molar-refractivity contribution in [1.29, 1.82) is 0 Å². The summed E-state index contributed by atoms with van der Waals surface area (Å²) in [6.45, 7) is 4.14. The van der Waals surface area contributed by atoms with Crippen LogP contribution in [0.4, 0.5) is 0 Å². The van der Waals surface area contributed by atoms with E-state index in [0.29, 0.717) is 16.4 Å². The highest BCUT2D eigenvalue weighted by Gasteiger charge is 2.39. The number of aromatic nitrogens is 3. The Labute approximate surface area is 128 Å². The number of rotatable bonds is 3. The van der Waals surface area contributed by atoms with Gasteiger partial charge in [-0.2, -0.15) is 9.40 Å². The molecule has 1 fully saturated rings. The molecular formula is C13H18N4O2S2. The molecule has 6 nitrogen and oxygen atoms in total. The van der Waals surface area contributed by atoms with Crippen LogP contribution in [0.1, 0.15) is 35.3 Å². The average Bonchev–Trinajstić information content (AvgIpc) is 3.08. The molecular weight excluding hydrogens is 308 g/mol. The first-order valence-corrected chi connectivity index (χ1v) is 9.10. The smallest absolute Gasteiger partial charge is 0.255 e. The Bertz CT molecular complexity index is 763. The highest BCUT2D eigenvalue weighted by atomic mass is 32.2. The molecule has 0 aliphatic carbocycles. The Balaban J connectivity index is 2.02. The molecule has 1 aliphatic rings. The van der Waals surface area contributed by atoms with Gasteiger partial charge in [-0.15, -0.1) is 11.3 Å². The molecule has 0 aromatic carbocycles. The van der Waals surface area contributed by atoms with Crippen molar-refractivity contribution >= 4 is 21.4 Å². The maximum Gasteiger partial charge on any atom is 0.255 e. The topological polar surface area (TPSA) is 68.1 Å². The molecule has 21 heavy (non-hydrogen) atoms. The lowest BCUT2D eigenvalue weighted by molar-refractivity contribution is 0.381. The molecule has 0 N–H and O–H groups in total. The van der Waals surface area contributed by atoms with Crippen LogP contribution in [0.15, 0.2) is 16.5 Å². The van der Waals surface area contributed by atoms with E-state index in [1.165, 1.54) is 11.3 Å². The number of hydrogen-bond donors (Lipinski definition) is 0. The van der Waals surface area contributed by atoms with Gasteiger partial charge in [-0.05, 0) is 32.8 Å². The summed E-state index contributed by atoms with van der Waals surface area (Å²) < 4.78 is 29.6. The van der Waals surface area contributed by atoms with Gasteiger partial charge in [-0.25, -0.2) is 13.4 Å². The quantitative estimate of drug-likeness (QED) is 0.865. The van der Waals surface area contributed by atoms with Crippen LogP contribution in [0.3, 0.4) is 0 Å². The van der Waals surface area contributed by atoms with Crippen LogP contribution in [-0.4, -0.2) is 34.0 Å². The minimum Gasteiger partial charge on any atom is -0.271 e. The molecule has 0 saturated carbocycles. The van der Waals surface area contributed by atoms with Crippen LogP contribution in [0.2, 0.25) is 0 Å². The SMILES string of the molecule is Cc1nc(C)c(S(=O)(=O)N2CCCC2c2ccnn2C)s1. The summed E-state index contributed by atoms with van der Waals surface area (Å²) in [4.78, 5) is 4.25. The van der Waals surface area contributed by atoms with E-state index in [1.54, 1.807) is 22.1 Å². The summed E-state index contributed by atoms with van der Waals surface area (Å²) in [5.41, 5.74) is 1.53. The predicted octanol–water partition coefficient (Wildman–Crippen LogP) is 2.02. The van der Waals surface area contributed by atoms with Gasteiger partial charge >= 0.3 is 0 Å². The molecule has 1 unspecified atom stereocenters. The molecule has 1 aliphatic heterocycles. The van der Waals surface area contributed by atoms with Crippen LogP contribution in [-0.2, 0) is 17.1 Å². The summed E-state index contributed by atoms with van der Waals surface area (Å²) in [6, 6.07) is 1.76. The maximum atomic E-state index is 13.0. The molecule has 1 atom stereocenters. The van der Waals surface area contributed by atoms with E-state index in [0.717, 1.165) is 23.5 Å². The number of sulfonamides is 1. The first kappa shape index (κ1) is 14.7. The molecule has 0 radical (unpaired) electrons. The van der Waals surface area contributed by atoms with Crippen LogP contribution in [0.5, 0.6) is 0 Å². The highest BCUT2D eigenvalue weighted by Crippen LogP contribution is 2.38. The van der Waals surface area contributed by atoms with Crippen molar-refractivity contribution in [2.45, 2.75) is 36.9 Å². The molecule has 0 spiro atoms. The third-order valence-electron chi connectivity index (χ3n) is 3.81. The van der Waals surface area contributed by atoms with E-state index in [9.17, 15) is 8.42 Å². The summed E-state index contributed by atoms with van der Waals surface area (Å²) in [7, 11) is -1.64. The number of thiazole rings is 1. The van der Waals surface area contributed by atoms with E-state index < -0.39 is 10.0 Å². The molecule has 1 saturated heterocycles. The third-order valence-corrected chi connectivity index (χ3v) is 7.38. The highest BCUT2D eigenvalue weighted by molar-refractivity contribution is 7.91. The van der Waals surface area contributed by atoms with Gasteiger partial charge in [-0.3, -0.25) is 4.68 Å². The zero-order valence-corrected chi connectivity index (χ0v) is 13.9. The third kappa shape index (κ3) is 2.41. The number of nitrogens with zero attached hydrogens (tertiary/aromatic N) is 4.